The maximum absolute atomic E-state index is 14.1. The zero-order valence-electron chi connectivity index (χ0n) is 18.2. The van der Waals surface area contributed by atoms with Crippen molar-refractivity contribution in [2.75, 3.05) is 0 Å². The summed E-state index contributed by atoms with van der Waals surface area (Å²) in [7, 11) is -4.00. The van der Waals surface area contributed by atoms with Crippen LogP contribution in [0.1, 0.15) is 42.4 Å². The van der Waals surface area contributed by atoms with Crippen LogP contribution in [0.25, 0.3) is 10.9 Å². The molecule has 0 N–H and O–H groups in total. The normalized spacial score (nSPS) is 12.3. The minimum atomic E-state index is -4.00. The highest BCUT2D eigenvalue weighted by atomic mass is 35.5. The second kappa shape index (κ2) is 8.35. The number of carbonyl (C=O) groups is 1. The van der Waals surface area contributed by atoms with Crippen LogP contribution >= 0.6 is 11.6 Å². The summed E-state index contributed by atoms with van der Waals surface area (Å²) in [5.74, 6) is -1.28. The molecule has 6 nitrogen and oxygen atoms in total. The zero-order valence-corrected chi connectivity index (χ0v) is 19.8. The van der Waals surface area contributed by atoms with Gasteiger partial charge in [-0.3, -0.25) is 9.78 Å². The van der Waals surface area contributed by atoms with E-state index in [2.05, 4.69) is 10.1 Å². The van der Waals surface area contributed by atoms with Crippen molar-refractivity contribution in [3.63, 3.8) is 0 Å². The smallest absolute Gasteiger partial charge is 0.283 e. The highest BCUT2D eigenvalue weighted by Gasteiger charge is 2.24. The number of Topliss-reactive ketones (excluding diaryl/α,β-unsaturated/α-hetero) is 1. The molecule has 0 bridgehead atoms. The first kappa shape index (κ1) is 23.1. The number of hydrogen-bond donors (Lipinski definition) is 0. The van der Waals surface area contributed by atoms with Crippen LogP contribution in [0.5, 0.6) is 0 Å². The summed E-state index contributed by atoms with van der Waals surface area (Å²) in [6.07, 6.45) is 2.58. The molecule has 33 heavy (non-hydrogen) atoms. The van der Waals surface area contributed by atoms with Gasteiger partial charge >= 0.3 is 0 Å². The molecule has 0 saturated carbocycles. The number of hydrogen-bond acceptors (Lipinski definition) is 5. The van der Waals surface area contributed by atoms with Crippen molar-refractivity contribution in [1.82, 2.24) is 14.2 Å². The molecule has 4 rings (SSSR count). The maximum atomic E-state index is 14.1. The fourth-order valence-electron chi connectivity index (χ4n) is 3.47. The molecule has 0 saturated heterocycles. The molecule has 2 aromatic carbocycles. The molecule has 0 unspecified atom stereocenters. The predicted octanol–water partition coefficient (Wildman–Crippen LogP) is 5.18. The third kappa shape index (κ3) is 4.41. The number of aromatic nitrogens is 3. The molecule has 2 aromatic heterocycles. The summed E-state index contributed by atoms with van der Waals surface area (Å²) in [5, 5.41) is 4.56. The molecule has 0 aliphatic carbocycles. The van der Waals surface area contributed by atoms with Gasteiger partial charge in [-0.05, 0) is 41.3 Å². The molecule has 0 spiro atoms. The first-order chi connectivity index (χ1) is 15.5. The molecule has 9 heteroatoms. The number of ketones is 1. The molecule has 0 aliphatic heterocycles. The van der Waals surface area contributed by atoms with Crippen molar-refractivity contribution < 1.29 is 17.6 Å². The summed E-state index contributed by atoms with van der Waals surface area (Å²) in [6, 6.07) is 12.2. The van der Waals surface area contributed by atoms with Gasteiger partial charge in [0, 0.05) is 11.6 Å². The zero-order chi connectivity index (χ0) is 24.0. The molecule has 170 valence electrons. The van der Waals surface area contributed by atoms with Crippen LogP contribution in [-0.2, 0) is 21.9 Å². The fourth-order valence-corrected chi connectivity index (χ4v) is 5.05. The van der Waals surface area contributed by atoms with Crippen LogP contribution in [0.15, 0.2) is 65.8 Å². The first-order valence-electron chi connectivity index (χ1n) is 10.1. The van der Waals surface area contributed by atoms with E-state index in [1.54, 1.807) is 12.1 Å². The Labute approximate surface area is 196 Å². The molecule has 0 amide bonds. The topological polar surface area (TPSA) is 81.9 Å². The molecule has 2 heterocycles. The number of carbonyl (C=O) groups excluding carboxylic acids is 1. The SMILES string of the molecule is CC(C)(C)c1cccc(S(=O)(=O)n2ncc3cnc(CC(=O)c4c(F)cccc4Cl)cc32)c1. The molecule has 0 fully saturated rings. The first-order valence-corrected chi connectivity index (χ1v) is 12.0. The average molecular weight is 486 g/mol. The summed E-state index contributed by atoms with van der Waals surface area (Å²) < 4.78 is 41.8. The monoisotopic (exact) mass is 485 g/mol. The Morgan fingerprint density at radius 1 is 1.09 bits per heavy atom. The van der Waals surface area contributed by atoms with Gasteiger partial charge in [0.25, 0.3) is 10.0 Å². The van der Waals surface area contributed by atoms with E-state index in [4.69, 9.17) is 11.6 Å². The lowest BCUT2D eigenvalue weighted by Crippen LogP contribution is -2.17. The quantitative estimate of drug-likeness (QED) is 0.363. The lowest BCUT2D eigenvalue weighted by molar-refractivity contribution is 0.0988. The van der Waals surface area contributed by atoms with Crippen molar-refractivity contribution in [2.24, 2.45) is 0 Å². The van der Waals surface area contributed by atoms with E-state index in [0.717, 1.165) is 15.7 Å². The van der Waals surface area contributed by atoms with Crippen LogP contribution in [-0.4, -0.2) is 28.4 Å². The van der Waals surface area contributed by atoms with Crippen molar-refractivity contribution in [2.45, 2.75) is 37.5 Å². The van der Waals surface area contributed by atoms with Gasteiger partial charge in [-0.2, -0.15) is 17.6 Å². The lowest BCUT2D eigenvalue weighted by atomic mass is 9.87. The molecule has 4 aromatic rings. The highest BCUT2D eigenvalue weighted by Crippen LogP contribution is 2.27. The van der Waals surface area contributed by atoms with E-state index in [1.165, 1.54) is 36.7 Å². The van der Waals surface area contributed by atoms with Crippen LogP contribution in [0.2, 0.25) is 5.02 Å². The van der Waals surface area contributed by atoms with Crippen molar-refractivity contribution in [3.8, 4) is 0 Å². The van der Waals surface area contributed by atoms with Gasteiger partial charge in [0.1, 0.15) is 5.82 Å². The van der Waals surface area contributed by atoms with Crippen molar-refractivity contribution >= 4 is 38.3 Å². The molecule has 0 atom stereocenters. The molecule has 0 aliphatic rings. The van der Waals surface area contributed by atoms with Gasteiger partial charge in [0.15, 0.2) is 5.78 Å². The molecular weight excluding hydrogens is 465 g/mol. The molecular formula is C24H21ClFN3O3S. The lowest BCUT2D eigenvalue weighted by Gasteiger charge is -2.19. The van der Waals surface area contributed by atoms with Gasteiger partial charge in [-0.1, -0.05) is 50.6 Å². The number of pyridine rings is 1. The Morgan fingerprint density at radius 2 is 1.82 bits per heavy atom. The largest absolute Gasteiger partial charge is 0.294 e. The second-order valence-electron chi connectivity index (χ2n) is 8.70. The van der Waals surface area contributed by atoms with Crippen LogP contribution in [0.4, 0.5) is 4.39 Å². The number of halogens is 2. The Kier molecular flexibility index (Phi) is 5.84. The number of benzene rings is 2. The summed E-state index contributed by atoms with van der Waals surface area (Å²) in [5.41, 5.74) is 0.958. The molecule has 0 radical (unpaired) electrons. The summed E-state index contributed by atoms with van der Waals surface area (Å²) in [6.45, 7) is 6.00. The van der Waals surface area contributed by atoms with Gasteiger partial charge in [0.05, 0.1) is 39.3 Å². The maximum Gasteiger partial charge on any atom is 0.283 e. The third-order valence-corrected chi connectivity index (χ3v) is 7.20. The number of nitrogens with zero attached hydrogens (tertiary/aromatic N) is 3. The third-order valence-electron chi connectivity index (χ3n) is 5.29. The highest BCUT2D eigenvalue weighted by molar-refractivity contribution is 7.90. The Morgan fingerprint density at radius 3 is 2.52 bits per heavy atom. The van der Waals surface area contributed by atoms with E-state index in [9.17, 15) is 17.6 Å². The Hall–Kier alpha value is -3.10. The van der Waals surface area contributed by atoms with Crippen LogP contribution < -0.4 is 0 Å². The Balaban J connectivity index is 1.74. The Bertz CT molecular complexity index is 1470. The summed E-state index contributed by atoms with van der Waals surface area (Å²) in [4.78, 5) is 17.0. The van der Waals surface area contributed by atoms with Crippen LogP contribution in [0, 0.1) is 5.82 Å². The summed E-state index contributed by atoms with van der Waals surface area (Å²) >= 11 is 5.99. The standard InChI is InChI=1S/C24H21ClFN3O3S/c1-24(2,3)16-6-4-7-18(10-16)33(31,32)29-21-11-17(27-13-15(21)14-28-29)12-22(30)23-19(25)8-5-9-20(23)26/h4-11,13-14H,12H2,1-3H3. The van der Waals surface area contributed by atoms with Gasteiger partial charge in [-0.15, -0.1) is 0 Å². The fraction of sp³-hybridized carbons (Fsp3) is 0.208. The van der Waals surface area contributed by atoms with E-state index in [-0.39, 0.29) is 38.5 Å². The predicted molar refractivity (Wildman–Crippen MR) is 125 cm³/mol. The van der Waals surface area contributed by atoms with Crippen molar-refractivity contribution in [3.05, 3.63) is 88.6 Å². The van der Waals surface area contributed by atoms with Gasteiger partial charge in [-0.25, -0.2) is 4.39 Å². The average Bonchev–Trinajstić information content (AvgIpc) is 3.17. The van der Waals surface area contributed by atoms with E-state index >= 15 is 0 Å². The number of rotatable bonds is 5. The van der Waals surface area contributed by atoms with Crippen LogP contribution in [0.3, 0.4) is 0 Å². The van der Waals surface area contributed by atoms with Crippen molar-refractivity contribution in [1.29, 1.82) is 0 Å². The van der Waals surface area contributed by atoms with Gasteiger partial charge < -0.3 is 0 Å². The minimum Gasteiger partial charge on any atom is -0.294 e. The van der Waals surface area contributed by atoms with E-state index in [0.29, 0.717) is 5.39 Å². The van der Waals surface area contributed by atoms with E-state index < -0.39 is 21.6 Å². The second-order valence-corrected chi connectivity index (χ2v) is 10.9. The minimum absolute atomic E-state index is 0.00688. The van der Waals surface area contributed by atoms with E-state index in [1.807, 2.05) is 26.8 Å². The van der Waals surface area contributed by atoms with Gasteiger partial charge in [0.2, 0.25) is 0 Å². The number of fused-ring (bicyclic) bond motifs is 1.